The summed E-state index contributed by atoms with van der Waals surface area (Å²) in [7, 11) is 0. The molecule has 4 nitrogen and oxygen atoms in total. The number of para-hydroxylation sites is 1. The van der Waals surface area contributed by atoms with Crippen LogP contribution in [0.1, 0.15) is 0 Å². The minimum absolute atomic E-state index is 0.641. The van der Waals surface area contributed by atoms with Gasteiger partial charge in [0.25, 0.3) is 0 Å². The lowest BCUT2D eigenvalue weighted by atomic mass is 10.0. The minimum atomic E-state index is 0.641. The first-order valence-electron chi connectivity index (χ1n) is 15.8. The molecule has 0 atom stereocenters. The van der Waals surface area contributed by atoms with E-state index < -0.39 is 0 Å². The van der Waals surface area contributed by atoms with E-state index in [0.717, 1.165) is 22.4 Å². The molecule has 47 heavy (non-hydrogen) atoms. The molecule has 0 aliphatic rings. The van der Waals surface area contributed by atoms with Crippen molar-refractivity contribution in [2.45, 2.75) is 0 Å². The van der Waals surface area contributed by atoms with Crippen LogP contribution in [0.4, 0.5) is 0 Å². The largest absolute Gasteiger partial charge is 0.308 e. The van der Waals surface area contributed by atoms with Crippen molar-refractivity contribution >= 4 is 32.6 Å². The monoisotopic (exact) mass is 600 g/mol. The van der Waals surface area contributed by atoms with Crippen molar-refractivity contribution in [1.29, 1.82) is 0 Å². The van der Waals surface area contributed by atoms with Gasteiger partial charge in [0, 0.05) is 44.1 Å². The maximum atomic E-state index is 4.96. The standard InChI is InChI=1S/C43H28N4/c1-4-13-29(14-5-1)36-21-12-22-37-38-28-25-30-15-10-11-20-35(30)40(38)47(39(36)37)34-26-23-33(24-27-34)43-45-41(31-16-6-2-7-17-31)44-42(46-43)32-18-8-3-9-19-32/h1-28H. The van der Waals surface area contributed by atoms with Crippen molar-refractivity contribution in [2.75, 3.05) is 0 Å². The van der Waals surface area contributed by atoms with Gasteiger partial charge in [0.2, 0.25) is 0 Å². The van der Waals surface area contributed by atoms with Crippen molar-refractivity contribution in [3.8, 4) is 51.0 Å². The molecule has 0 unspecified atom stereocenters. The lowest BCUT2D eigenvalue weighted by Gasteiger charge is -2.14. The van der Waals surface area contributed by atoms with E-state index in [1.54, 1.807) is 0 Å². The number of hydrogen-bond acceptors (Lipinski definition) is 3. The minimum Gasteiger partial charge on any atom is -0.308 e. The molecule has 0 spiro atoms. The highest BCUT2D eigenvalue weighted by Crippen LogP contribution is 2.41. The fourth-order valence-electron chi connectivity index (χ4n) is 6.63. The summed E-state index contributed by atoms with van der Waals surface area (Å²) in [5.41, 5.74) is 8.70. The second-order valence-electron chi connectivity index (χ2n) is 11.7. The van der Waals surface area contributed by atoms with Gasteiger partial charge < -0.3 is 4.57 Å². The first-order chi connectivity index (χ1) is 23.3. The fourth-order valence-corrected chi connectivity index (χ4v) is 6.63. The Morgan fingerprint density at radius 2 is 0.809 bits per heavy atom. The second-order valence-corrected chi connectivity index (χ2v) is 11.7. The highest BCUT2D eigenvalue weighted by molar-refractivity contribution is 6.21. The van der Waals surface area contributed by atoms with Crippen molar-refractivity contribution < 1.29 is 0 Å². The molecular weight excluding hydrogens is 573 g/mol. The third kappa shape index (κ3) is 4.66. The predicted octanol–water partition coefficient (Wildman–Crippen LogP) is 10.8. The van der Waals surface area contributed by atoms with Crippen LogP contribution in [0.25, 0.3) is 83.6 Å². The summed E-state index contributed by atoms with van der Waals surface area (Å²) in [4.78, 5) is 14.8. The molecule has 0 radical (unpaired) electrons. The molecule has 0 amide bonds. The van der Waals surface area contributed by atoms with E-state index in [0.29, 0.717) is 17.5 Å². The number of nitrogens with zero attached hydrogens (tertiary/aromatic N) is 4. The Balaban J connectivity index is 1.26. The zero-order valence-corrected chi connectivity index (χ0v) is 25.5. The van der Waals surface area contributed by atoms with Crippen molar-refractivity contribution in [1.82, 2.24) is 19.5 Å². The lowest BCUT2D eigenvalue weighted by molar-refractivity contribution is 1.07. The van der Waals surface area contributed by atoms with Crippen molar-refractivity contribution in [2.24, 2.45) is 0 Å². The number of benzene rings is 7. The Bertz CT molecular complexity index is 2480. The molecule has 0 bridgehead atoms. The molecule has 220 valence electrons. The molecule has 4 heteroatoms. The summed E-state index contributed by atoms with van der Waals surface area (Å²) in [6.07, 6.45) is 0. The van der Waals surface area contributed by atoms with Gasteiger partial charge >= 0.3 is 0 Å². The normalized spacial score (nSPS) is 11.4. The summed E-state index contributed by atoms with van der Waals surface area (Å²) in [5, 5.41) is 4.91. The first kappa shape index (κ1) is 27.0. The van der Waals surface area contributed by atoms with E-state index >= 15 is 0 Å². The summed E-state index contributed by atoms with van der Waals surface area (Å²) >= 11 is 0. The molecule has 7 aromatic carbocycles. The topological polar surface area (TPSA) is 43.6 Å². The molecule has 0 saturated carbocycles. The Kier molecular flexibility index (Phi) is 6.43. The molecule has 2 aromatic heterocycles. The van der Waals surface area contributed by atoms with E-state index in [1.807, 2.05) is 60.7 Å². The van der Waals surface area contributed by atoms with Crippen LogP contribution in [0.5, 0.6) is 0 Å². The van der Waals surface area contributed by atoms with E-state index in [2.05, 4.69) is 114 Å². The SMILES string of the molecule is c1ccc(-c2nc(-c3ccccc3)nc(-c3ccc(-n4c5c(-c6ccccc6)cccc5c5ccc6ccccc6c54)cc3)n2)cc1. The third-order valence-electron chi connectivity index (χ3n) is 8.84. The van der Waals surface area contributed by atoms with Gasteiger partial charge in [-0.25, -0.2) is 15.0 Å². The van der Waals surface area contributed by atoms with Crippen LogP contribution in [0.3, 0.4) is 0 Å². The maximum Gasteiger partial charge on any atom is 0.164 e. The van der Waals surface area contributed by atoms with Crippen LogP contribution < -0.4 is 0 Å². The molecule has 0 aliphatic heterocycles. The van der Waals surface area contributed by atoms with Gasteiger partial charge in [0.05, 0.1) is 11.0 Å². The van der Waals surface area contributed by atoms with Gasteiger partial charge in [-0.3, -0.25) is 0 Å². The number of rotatable bonds is 5. The Morgan fingerprint density at radius 1 is 0.319 bits per heavy atom. The van der Waals surface area contributed by atoms with Crippen molar-refractivity contribution in [3.63, 3.8) is 0 Å². The second kappa shape index (κ2) is 11.2. The van der Waals surface area contributed by atoms with E-state index in [-0.39, 0.29) is 0 Å². The average molecular weight is 601 g/mol. The summed E-state index contributed by atoms with van der Waals surface area (Å²) in [6, 6.07) is 59.2. The molecule has 0 saturated heterocycles. The third-order valence-corrected chi connectivity index (χ3v) is 8.84. The van der Waals surface area contributed by atoms with Crippen LogP contribution in [0.2, 0.25) is 0 Å². The molecule has 9 aromatic rings. The summed E-state index contributed by atoms with van der Waals surface area (Å²) in [5.74, 6) is 1.95. The van der Waals surface area contributed by atoms with Crippen molar-refractivity contribution in [3.05, 3.63) is 170 Å². The van der Waals surface area contributed by atoms with Crippen LogP contribution >= 0.6 is 0 Å². The van der Waals surface area contributed by atoms with Crippen LogP contribution in [-0.4, -0.2) is 19.5 Å². The predicted molar refractivity (Wildman–Crippen MR) is 193 cm³/mol. The maximum absolute atomic E-state index is 4.96. The zero-order chi connectivity index (χ0) is 31.2. The van der Waals surface area contributed by atoms with Gasteiger partial charge in [-0.1, -0.05) is 146 Å². The summed E-state index contributed by atoms with van der Waals surface area (Å²) in [6.45, 7) is 0. The zero-order valence-electron chi connectivity index (χ0n) is 25.5. The lowest BCUT2D eigenvalue weighted by Crippen LogP contribution is -2.00. The molecule has 0 N–H and O–H groups in total. The van der Waals surface area contributed by atoms with Gasteiger partial charge in [-0.05, 0) is 35.2 Å². The molecule has 2 heterocycles. The number of hydrogen-bond donors (Lipinski definition) is 0. The number of fused-ring (bicyclic) bond motifs is 5. The van der Waals surface area contributed by atoms with Gasteiger partial charge in [-0.2, -0.15) is 0 Å². The van der Waals surface area contributed by atoms with E-state index in [1.165, 1.54) is 43.7 Å². The molecule has 0 aliphatic carbocycles. The van der Waals surface area contributed by atoms with Crippen LogP contribution in [0, 0.1) is 0 Å². The van der Waals surface area contributed by atoms with Gasteiger partial charge in [0.15, 0.2) is 17.5 Å². The fraction of sp³-hybridized carbons (Fsp3) is 0. The summed E-state index contributed by atoms with van der Waals surface area (Å²) < 4.78 is 2.43. The Labute approximate surface area is 272 Å². The molecular formula is C43H28N4. The molecule has 0 fully saturated rings. The number of aromatic nitrogens is 4. The van der Waals surface area contributed by atoms with Gasteiger partial charge in [0.1, 0.15) is 0 Å². The van der Waals surface area contributed by atoms with Gasteiger partial charge in [-0.15, -0.1) is 0 Å². The highest BCUT2D eigenvalue weighted by Gasteiger charge is 2.19. The van der Waals surface area contributed by atoms with Crippen LogP contribution in [-0.2, 0) is 0 Å². The highest BCUT2D eigenvalue weighted by atomic mass is 15.0. The average Bonchev–Trinajstić information content (AvgIpc) is 3.51. The molecule has 9 rings (SSSR count). The first-order valence-corrected chi connectivity index (χ1v) is 15.8. The Morgan fingerprint density at radius 3 is 1.43 bits per heavy atom. The Hall–Kier alpha value is -6.39. The smallest absolute Gasteiger partial charge is 0.164 e. The quantitative estimate of drug-likeness (QED) is 0.197. The van der Waals surface area contributed by atoms with E-state index in [4.69, 9.17) is 15.0 Å². The van der Waals surface area contributed by atoms with E-state index in [9.17, 15) is 0 Å². The van der Waals surface area contributed by atoms with Crippen LogP contribution in [0.15, 0.2) is 170 Å².